The van der Waals surface area contributed by atoms with Crippen molar-refractivity contribution in [1.82, 2.24) is 19.6 Å². The highest BCUT2D eigenvalue weighted by Crippen LogP contribution is 2.20. The monoisotopic (exact) mass is 276 g/mol. The van der Waals surface area contributed by atoms with Gasteiger partial charge in [-0.15, -0.1) is 35.0 Å². The minimum Gasteiger partial charge on any atom is -0.352 e. The summed E-state index contributed by atoms with van der Waals surface area (Å²) in [5.74, 6) is 0.878. The van der Waals surface area contributed by atoms with E-state index in [1.165, 1.54) is 0 Å². The Bertz CT molecular complexity index is 487. The molecule has 0 spiro atoms. The molecule has 0 saturated carbocycles. The van der Waals surface area contributed by atoms with Crippen LogP contribution in [0.15, 0.2) is 18.7 Å². The third-order valence-electron chi connectivity index (χ3n) is 2.72. The molecule has 6 nitrogen and oxygen atoms in total. The largest absolute Gasteiger partial charge is 0.352 e. The van der Waals surface area contributed by atoms with Crippen LogP contribution < -0.4 is 10.6 Å². The number of nitrogens with two attached hydrogens (primary N) is 1. The van der Waals surface area contributed by atoms with E-state index in [0.29, 0.717) is 0 Å². The van der Waals surface area contributed by atoms with Gasteiger partial charge in [0.25, 0.3) is 0 Å². The van der Waals surface area contributed by atoms with Crippen LogP contribution in [0, 0.1) is 0 Å². The Morgan fingerprint density at radius 3 is 2.88 bits per heavy atom. The van der Waals surface area contributed by atoms with Crippen LogP contribution in [-0.2, 0) is 0 Å². The van der Waals surface area contributed by atoms with E-state index in [1.807, 2.05) is 10.6 Å². The lowest BCUT2D eigenvalue weighted by atomic mass is 10.3. The summed E-state index contributed by atoms with van der Waals surface area (Å²) in [5.41, 5.74) is 6.67. The summed E-state index contributed by atoms with van der Waals surface area (Å²) >= 11 is 0. The Balaban J connectivity index is 0.000000722. The van der Waals surface area contributed by atoms with E-state index in [4.69, 9.17) is 5.73 Å². The van der Waals surface area contributed by atoms with Gasteiger partial charge in [-0.05, 0) is 6.42 Å². The smallest absolute Gasteiger partial charge is 0.203 e. The van der Waals surface area contributed by atoms with Crippen LogP contribution >= 0.6 is 24.8 Å². The fraction of sp³-hybridized carbons (Fsp3) is 0.444. The number of rotatable bonds is 1. The minimum atomic E-state index is 0. The van der Waals surface area contributed by atoms with Crippen molar-refractivity contribution in [2.75, 3.05) is 18.0 Å². The van der Waals surface area contributed by atoms with Gasteiger partial charge in [0.05, 0.1) is 0 Å². The van der Waals surface area contributed by atoms with Crippen molar-refractivity contribution in [2.45, 2.75) is 12.5 Å². The molecule has 0 radical (unpaired) electrons. The van der Waals surface area contributed by atoms with Gasteiger partial charge in [0.2, 0.25) is 5.65 Å². The van der Waals surface area contributed by atoms with Gasteiger partial charge in [-0.2, -0.15) is 0 Å². The van der Waals surface area contributed by atoms with Crippen LogP contribution in [0.4, 0.5) is 5.82 Å². The minimum absolute atomic E-state index is 0. The molecule has 3 rings (SSSR count). The standard InChI is InChI=1S/C9H12N6.2ClH/c10-7-1-3-14(5-7)8-9-13-12-6-15(9)4-2-11-8;;/h2,4,6-7H,1,3,5,10H2;2*1H. The molecule has 0 aromatic carbocycles. The van der Waals surface area contributed by atoms with Crippen LogP contribution in [0.25, 0.3) is 5.65 Å². The van der Waals surface area contributed by atoms with Gasteiger partial charge in [0, 0.05) is 31.5 Å². The molecule has 3 heterocycles. The van der Waals surface area contributed by atoms with Gasteiger partial charge in [0.15, 0.2) is 5.82 Å². The number of nitrogens with zero attached hydrogens (tertiary/aromatic N) is 5. The van der Waals surface area contributed by atoms with Crippen LogP contribution in [0.1, 0.15) is 6.42 Å². The Kier molecular flexibility index (Phi) is 4.50. The van der Waals surface area contributed by atoms with Crippen molar-refractivity contribution in [2.24, 2.45) is 5.73 Å². The molecule has 0 aliphatic carbocycles. The summed E-state index contributed by atoms with van der Waals surface area (Å²) in [6, 6.07) is 0.245. The highest BCUT2D eigenvalue weighted by atomic mass is 35.5. The van der Waals surface area contributed by atoms with E-state index in [1.54, 1.807) is 12.5 Å². The second-order valence-electron chi connectivity index (χ2n) is 3.81. The van der Waals surface area contributed by atoms with Gasteiger partial charge in [0.1, 0.15) is 6.33 Å². The summed E-state index contributed by atoms with van der Waals surface area (Å²) in [5, 5.41) is 7.92. The van der Waals surface area contributed by atoms with Crippen LogP contribution in [0.2, 0.25) is 0 Å². The summed E-state index contributed by atoms with van der Waals surface area (Å²) in [6.07, 6.45) is 6.29. The summed E-state index contributed by atoms with van der Waals surface area (Å²) in [6.45, 7) is 1.79. The van der Waals surface area contributed by atoms with Crippen molar-refractivity contribution in [1.29, 1.82) is 0 Å². The van der Waals surface area contributed by atoms with Crippen molar-refractivity contribution < 1.29 is 0 Å². The Morgan fingerprint density at radius 1 is 1.35 bits per heavy atom. The zero-order valence-corrected chi connectivity index (χ0v) is 10.7. The average Bonchev–Trinajstić information content (AvgIpc) is 2.84. The Labute approximate surface area is 111 Å². The Hall–Kier alpha value is -1.11. The third kappa shape index (κ3) is 2.43. The molecule has 1 fully saturated rings. The summed E-state index contributed by atoms with van der Waals surface area (Å²) < 4.78 is 1.87. The first-order valence-corrected chi connectivity index (χ1v) is 4.99. The number of halogens is 2. The maximum Gasteiger partial charge on any atom is 0.203 e. The van der Waals surface area contributed by atoms with E-state index in [2.05, 4.69) is 20.1 Å². The van der Waals surface area contributed by atoms with E-state index >= 15 is 0 Å². The SMILES string of the molecule is Cl.Cl.NC1CCN(c2nccn3cnnc23)C1. The zero-order chi connectivity index (χ0) is 10.3. The first kappa shape index (κ1) is 14.0. The average molecular weight is 277 g/mol. The number of fused-ring (bicyclic) bond motifs is 1. The van der Waals surface area contributed by atoms with E-state index in [-0.39, 0.29) is 30.9 Å². The number of aromatic nitrogens is 4. The molecule has 2 aromatic heterocycles. The maximum atomic E-state index is 5.87. The van der Waals surface area contributed by atoms with E-state index in [0.717, 1.165) is 31.0 Å². The molecule has 1 atom stereocenters. The van der Waals surface area contributed by atoms with Crippen molar-refractivity contribution in [3.63, 3.8) is 0 Å². The topological polar surface area (TPSA) is 72.3 Å². The lowest BCUT2D eigenvalue weighted by Gasteiger charge is -2.16. The number of anilines is 1. The molecule has 1 aliphatic heterocycles. The highest BCUT2D eigenvalue weighted by Gasteiger charge is 2.22. The van der Waals surface area contributed by atoms with Crippen LogP contribution in [0.5, 0.6) is 0 Å². The predicted molar refractivity (Wildman–Crippen MR) is 70.1 cm³/mol. The number of hydrogen-bond donors (Lipinski definition) is 1. The van der Waals surface area contributed by atoms with Gasteiger partial charge in [-0.1, -0.05) is 0 Å². The molecular weight excluding hydrogens is 263 g/mol. The summed E-state index contributed by atoms with van der Waals surface area (Å²) in [7, 11) is 0. The lowest BCUT2D eigenvalue weighted by molar-refractivity contribution is 0.751. The van der Waals surface area contributed by atoms with Crippen molar-refractivity contribution in [3.05, 3.63) is 18.7 Å². The molecule has 1 unspecified atom stereocenters. The molecule has 0 bridgehead atoms. The third-order valence-corrected chi connectivity index (χ3v) is 2.72. The fourth-order valence-electron chi connectivity index (χ4n) is 1.95. The summed E-state index contributed by atoms with van der Waals surface area (Å²) in [4.78, 5) is 6.50. The number of hydrogen-bond acceptors (Lipinski definition) is 5. The van der Waals surface area contributed by atoms with E-state index in [9.17, 15) is 0 Å². The molecule has 2 N–H and O–H groups in total. The molecule has 17 heavy (non-hydrogen) atoms. The zero-order valence-electron chi connectivity index (χ0n) is 9.06. The van der Waals surface area contributed by atoms with E-state index < -0.39 is 0 Å². The molecule has 1 aliphatic rings. The predicted octanol–water partition coefficient (Wildman–Crippen LogP) is 0.505. The molecule has 2 aromatic rings. The van der Waals surface area contributed by atoms with Gasteiger partial charge in [-0.3, -0.25) is 4.40 Å². The van der Waals surface area contributed by atoms with Gasteiger partial charge < -0.3 is 10.6 Å². The normalized spacial score (nSPS) is 18.9. The molecule has 1 saturated heterocycles. The molecule has 0 amide bonds. The van der Waals surface area contributed by atoms with Crippen molar-refractivity contribution in [3.8, 4) is 0 Å². The van der Waals surface area contributed by atoms with Gasteiger partial charge in [-0.25, -0.2) is 4.98 Å². The van der Waals surface area contributed by atoms with Crippen LogP contribution in [0.3, 0.4) is 0 Å². The van der Waals surface area contributed by atoms with Crippen LogP contribution in [-0.4, -0.2) is 38.7 Å². The fourth-order valence-corrected chi connectivity index (χ4v) is 1.95. The second kappa shape index (κ2) is 5.48. The highest BCUT2D eigenvalue weighted by molar-refractivity contribution is 5.85. The van der Waals surface area contributed by atoms with Gasteiger partial charge >= 0.3 is 0 Å². The lowest BCUT2D eigenvalue weighted by Crippen LogP contribution is -2.27. The quantitative estimate of drug-likeness (QED) is 0.822. The second-order valence-corrected chi connectivity index (χ2v) is 3.81. The first-order chi connectivity index (χ1) is 7.34. The molecular formula is C9H14Cl2N6. The first-order valence-electron chi connectivity index (χ1n) is 4.99. The molecule has 94 valence electrons. The van der Waals surface area contributed by atoms with Crippen molar-refractivity contribution >= 4 is 36.3 Å². The Morgan fingerprint density at radius 2 is 2.18 bits per heavy atom. The molecule has 8 heteroatoms. The maximum absolute atomic E-state index is 5.87.